The van der Waals surface area contributed by atoms with Crippen LogP contribution in [0.5, 0.6) is 0 Å². The fourth-order valence-corrected chi connectivity index (χ4v) is 5.11. The Labute approximate surface area is 130 Å². The van der Waals surface area contributed by atoms with Crippen LogP contribution in [0.1, 0.15) is 48.0 Å². The van der Waals surface area contributed by atoms with Gasteiger partial charge in [0.15, 0.2) is 5.78 Å². The van der Waals surface area contributed by atoms with E-state index >= 15 is 0 Å². The number of nitrogen functional groups attached to an aromatic ring is 1. The molecule has 0 radical (unpaired) electrons. The number of hydrogen-bond donors (Lipinski definition) is 1. The minimum Gasteiger partial charge on any atom is -0.398 e. The number of anilines is 1. The van der Waals surface area contributed by atoms with Crippen LogP contribution in [0.25, 0.3) is 10.8 Å². The first kappa shape index (κ1) is 12.5. The lowest BCUT2D eigenvalue weighted by Gasteiger charge is -2.41. The molecule has 2 N–H and O–H groups in total. The lowest BCUT2D eigenvalue weighted by molar-refractivity contribution is 0.0940. The number of ketones is 1. The number of allylic oxidation sites excluding steroid dienone is 2. The highest BCUT2D eigenvalue weighted by molar-refractivity contribution is 6.05. The van der Waals surface area contributed by atoms with Gasteiger partial charge in [-0.15, -0.1) is 0 Å². The second kappa shape index (κ2) is 4.01. The van der Waals surface area contributed by atoms with Crippen molar-refractivity contribution in [2.24, 2.45) is 5.92 Å². The minimum atomic E-state index is 0.214. The summed E-state index contributed by atoms with van der Waals surface area (Å²) in [4.78, 5) is 12.5. The molecule has 2 bridgehead atoms. The summed E-state index contributed by atoms with van der Waals surface area (Å²) >= 11 is 0. The van der Waals surface area contributed by atoms with E-state index in [-0.39, 0.29) is 5.41 Å². The highest BCUT2D eigenvalue weighted by atomic mass is 16.1. The summed E-state index contributed by atoms with van der Waals surface area (Å²) in [5, 5.41) is 2.19. The van der Waals surface area contributed by atoms with Gasteiger partial charge in [0.1, 0.15) is 0 Å². The lowest BCUT2D eigenvalue weighted by atomic mass is 9.62. The zero-order valence-electron chi connectivity index (χ0n) is 12.6. The largest absolute Gasteiger partial charge is 0.398 e. The first-order valence-corrected chi connectivity index (χ1v) is 8.21. The molecule has 0 aliphatic heterocycles. The average Bonchev–Trinajstić information content (AvgIpc) is 3.12. The van der Waals surface area contributed by atoms with Crippen molar-refractivity contribution in [1.82, 2.24) is 0 Å². The molecule has 3 aliphatic carbocycles. The van der Waals surface area contributed by atoms with Gasteiger partial charge in [-0.05, 0) is 60.7 Å². The third-order valence-electron chi connectivity index (χ3n) is 6.21. The molecule has 0 amide bonds. The van der Waals surface area contributed by atoms with Gasteiger partial charge in [0.2, 0.25) is 0 Å². The van der Waals surface area contributed by atoms with E-state index in [1.807, 2.05) is 12.1 Å². The maximum atomic E-state index is 12.5. The summed E-state index contributed by atoms with van der Waals surface area (Å²) in [5.41, 5.74) is 10.9. The van der Waals surface area contributed by atoms with Gasteiger partial charge in [0.05, 0.1) is 0 Å². The van der Waals surface area contributed by atoms with Gasteiger partial charge in [-0.2, -0.15) is 0 Å². The molecule has 2 heteroatoms. The molecule has 2 aromatic carbocycles. The molecular weight excluding hydrogens is 270 g/mol. The predicted octanol–water partition coefficient (Wildman–Crippen LogP) is 4.38. The molecule has 3 aliphatic rings. The first-order chi connectivity index (χ1) is 10.7. The molecule has 1 saturated carbocycles. The monoisotopic (exact) mass is 289 g/mol. The summed E-state index contributed by atoms with van der Waals surface area (Å²) in [6, 6.07) is 10.4. The number of rotatable bonds is 0. The zero-order valence-corrected chi connectivity index (χ0v) is 12.6. The summed E-state index contributed by atoms with van der Waals surface area (Å²) in [7, 11) is 0. The Morgan fingerprint density at radius 3 is 2.91 bits per heavy atom. The van der Waals surface area contributed by atoms with Crippen LogP contribution < -0.4 is 5.73 Å². The number of carbonyl (C=O) groups excluding carboxylic acids is 1. The van der Waals surface area contributed by atoms with Crippen LogP contribution in [-0.4, -0.2) is 5.78 Å². The Bertz CT molecular complexity index is 863. The van der Waals surface area contributed by atoms with Gasteiger partial charge in [0.25, 0.3) is 0 Å². The number of carbonyl (C=O) groups is 1. The first-order valence-electron chi connectivity index (χ1n) is 8.21. The van der Waals surface area contributed by atoms with Crippen LogP contribution in [0, 0.1) is 5.92 Å². The van der Waals surface area contributed by atoms with Crippen LogP contribution in [0.2, 0.25) is 0 Å². The van der Waals surface area contributed by atoms with E-state index in [9.17, 15) is 4.79 Å². The van der Waals surface area contributed by atoms with E-state index in [0.29, 0.717) is 18.1 Å². The standard InChI is InChI=1S/C20H19NO/c21-18-3-1-2-13-9-17-16(10-15(13)18)19(22)6-7-20(17)11-12-4-5-14(20)8-12/h1-4,9-10,14H,5-8,11,21H2. The zero-order chi connectivity index (χ0) is 14.9. The molecule has 0 saturated heterocycles. The summed E-state index contributed by atoms with van der Waals surface area (Å²) in [6.45, 7) is 0. The second-order valence-corrected chi connectivity index (χ2v) is 7.22. The molecule has 2 unspecified atom stereocenters. The topological polar surface area (TPSA) is 43.1 Å². The van der Waals surface area contributed by atoms with Crippen molar-refractivity contribution in [3.05, 3.63) is 53.1 Å². The molecule has 110 valence electrons. The highest BCUT2D eigenvalue weighted by Crippen LogP contribution is 2.59. The summed E-state index contributed by atoms with van der Waals surface area (Å²) < 4.78 is 0. The van der Waals surface area contributed by atoms with Crippen molar-refractivity contribution < 1.29 is 4.79 Å². The lowest BCUT2D eigenvalue weighted by Crippen LogP contribution is -2.37. The normalized spacial score (nSPS) is 29.2. The molecule has 2 aromatic rings. The van der Waals surface area contributed by atoms with Gasteiger partial charge in [0, 0.05) is 28.5 Å². The summed E-state index contributed by atoms with van der Waals surface area (Å²) in [6.07, 6.45) is 7.72. The van der Waals surface area contributed by atoms with Crippen molar-refractivity contribution in [3.8, 4) is 0 Å². The number of nitrogens with two attached hydrogens (primary N) is 1. The maximum Gasteiger partial charge on any atom is 0.163 e. The van der Waals surface area contributed by atoms with Gasteiger partial charge >= 0.3 is 0 Å². The smallest absolute Gasteiger partial charge is 0.163 e. The minimum absolute atomic E-state index is 0.214. The van der Waals surface area contributed by atoms with Gasteiger partial charge < -0.3 is 5.73 Å². The van der Waals surface area contributed by atoms with Gasteiger partial charge in [-0.3, -0.25) is 4.79 Å². The number of hydrogen-bond acceptors (Lipinski definition) is 2. The molecule has 0 aromatic heterocycles. The second-order valence-electron chi connectivity index (χ2n) is 7.22. The molecule has 2 atom stereocenters. The van der Waals surface area contributed by atoms with Crippen molar-refractivity contribution in [2.45, 2.75) is 37.5 Å². The van der Waals surface area contributed by atoms with Crippen LogP contribution in [0.4, 0.5) is 5.69 Å². The number of Topliss-reactive ketones (excluding diaryl/α,β-unsaturated/α-hetero) is 1. The van der Waals surface area contributed by atoms with E-state index < -0.39 is 0 Å². The van der Waals surface area contributed by atoms with E-state index in [1.54, 1.807) is 5.57 Å². The molecule has 5 rings (SSSR count). The van der Waals surface area contributed by atoms with Gasteiger partial charge in [-0.25, -0.2) is 0 Å². The Balaban J connectivity index is 1.81. The molecule has 1 fully saturated rings. The van der Waals surface area contributed by atoms with Crippen LogP contribution in [0.3, 0.4) is 0 Å². The molecule has 22 heavy (non-hydrogen) atoms. The predicted molar refractivity (Wildman–Crippen MR) is 89.0 cm³/mol. The SMILES string of the molecule is Nc1cccc2cc3c(cc12)C(=O)CCC31CC2=CCC1C2. The van der Waals surface area contributed by atoms with Crippen LogP contribution >= 0.6 is 0 Å². The third-order valence-corrected chi connectivity index (χ3v) is 6.21. The molecule has 1 spiro atoms. The van der Waals surface area contributed by atoms with E-state index in [2.05, 4.69) is 24.3 Å². The fourth-order valence-electron chi connectivity index (χ4n) is 5.11. The van der Waals surface area contributed by atoms with Crippen LogP contribution in [-0.2, 0) is 5.41 Å². The Kier molecular flexibility index (Phi) is 2.27. The van der Waals surface area contributed by atoms with Crippen LogP contribution in [0.15, 0.2) is 42.0 Å². The Morgan fingerprint density at radius 1 is 1.23 bits per heavy atom. The Hall–Kier alpha value is -2.09. The highest BCUT2D eigenvalue weighted by Gasteiger charge is 2.51. The maximum absolute atomic E-state index is 12.5. The average molecular weight is 289 g/mol. The molecule has 0 heterocycles. The molecule has 2 nitrogen and oxygen atoms in total. The fraction of sp³-hybridized carbons (Fsp3) is 0.350. The van der Waals surface area contributed by atoms with E-state index in [4.69, 9.17) is 5.73 Å². The Morgan fingerprint density at radius 2 is 2.14 bits per heavy atom. The van der Waals surface area contributed by atoms with E-state index in [0.717, 1.165) is 29.5 Å². The number of benzene rings is 2. The quantitative estimate of drug-likeness (QED) is 0.578. The molecular formula is C20H19NO. The van der Waals surface area contributed by atoms with Crippen molar-refractivity contribution in [1.29, 1.82) is 0 Å². The number of fused-ring (bicyclic) bond motifs is 6. The van der Waals surface area contributed by atoms with Gasteiger partial charge in [-0.1, -0.05) is 23.8 Å². The van der Waals surface area contributed by atoms with Crippen molar-refractivity contribution in [3.63, 3.8) is 0 Å². The third kappa shape index (κ3) is 1.43. The van der Waals surface area contributed by atoms with Crippen molar-refractivity contribution >= 4 is 22.2 Å². The summed E-state index contributed by atoms with van der Waals surface area (Å²) in [5.74, 6) is 0.996. The van der Waals surface area contributed by atoms with E-state index in [1.165, 1.54) is 23.8 Å². The van der Waals surface area contributed by atoms with Crippen molar-refractivity contribution in [2.75, 3.05) is 5.73 Å².